The third kappa shape index (κ3) is 7.21. The molecule has 0 fully saturated rings. The Bertz CT molecular complexity index is 221. The quantitative estimate of drug-likeness (QED) is 0.544. The summed E-state index contributed by atoms with van der Waals surface area (Å²) in [5.41, 5.74) is 5.18. The standard InChI is InChI=1S/C9H19N3O2S/c1-6(2)15-5-7(9(10)14)12-8(13)4-11-3/h6-7,11H,4-5H2,1-3H3,(H2,10,14)(H,12,13). The topological polar surface area (TPSA) is 84.2 Å². The second-order valence-corrected chi connectivity index (χ2v) is 5.04. The van der Waals surface area contributed by atoms with Crippen molar-refractivity contribution < 1.29 is 9.59 Å². The van der Waals surface area contributed by atoms with Crippen molar-refractivity contribution in [3.8, 4) is 0 Å². The Morgan fingerprint density at radius 1 is 1.40 bits per heavy atom. The van der Waals surface area contributed by atoms with Gasteiger partial charge in [0, 0.05) is 5.75 Å². The van der Waals surface area contributed by atoms with Crippen molar-refractivity contribution in [2.24, 2.45) is 5.73 Å². The predicted octanol–water partition coefficient (Wildman–Crippen LogP) is -0.682. The van der Waals surface area contributed by atoms with E-state index in [1.165, 1.54) is 0 Å². The Morgan fingerprint density at radius 2 is 2.00 bits per heavy atom. The molecule has 0 aliphatic carbocycles. The van der Waals surface area contributed by atoms with Gasteiger partial charge in [-0.1, -0.05) is 13.8 Å². The van der Waals surface area contributed by atoms with Crippen molar-refractivity contribution in [1.82, 2.24) is 10.6 Å². The summed E-state index contributed by atoms with van der Waals surface area (Å²) in [7, 11) is 1.67. The van der Waals surface area contributed by atoms with Crippen LogP contribution in [0, 0.1) is 0 Å². The van der Waals surface area contributed by atoms with Gasteiger partial charge in [-0.3, -0.25) is 9.59 Å². The van der Waals surface area contributed by atoms with E-state index < -0.39 is 11.9 Å². The highest BCUT2D eigenvalue weighted by Crippen LogP contribution is 2.10. The Hall–Kier alpha value is -0.750. The number of primary amides is 1. The SMILES string of the molecule is CNCC(=O)NC(CSC(C)C)C(N)=O. The molecule has 0 aromatic carbocycles. The molecule has 1 atom stereocenters. The van der Waals surface area contributed by atoms with Crippen LogP contribution in [-0.2, 0) is 9.59 Å². The highest BCUT2D eigenvalue weighted by atomic mass is 32.2. The number of carbonyl (C=O) groups is 2. The van der Waals surface area contributed by atoms with E-state index in [1.807, 2.05) is 13.8 Å². The lowest BCUT2D eigenvalue weighted by Gasteiger charge is -2.16. The summed E-state index contributed by atoms with van der Waals surface area (Å²) in [5, 5.41) is 5.69. The average molecular weight is 233 g/mol. The van der Waals surface area contributed by atoms with Gasteiger partial charge < -0.3 is 16.4 Å². The Labute approximate surface area is 94.5 Å². The van der Waals surface area contributed by atoms with Crippen molar-refractivity contribution in [2.75, 3.05) is 19.3 Å². The number of amides is 2. The summed E-state index contributed by atoms with van der Waals surface area (Å²) in [5.74, 6) is -0.194. The van der Waals surface area contributed by atoms with E-state index in [9.17, 15) is 9.59 Å². The first kappa shape index (κ1) is 14.2. The number of hydrogen-bond acceptors (Lipinski definition) is 4. The van der Waals surface area contributed by atoms with Gasteiger partial charge in [0.15, 0.2) is 0 Å². The minimum atomic E-state index is -0.585. The molecule has 5 nitrogen and oxygen atoms in total. The second kappa shape index (κ2) is 7.53. The molecule has 0 aliphatic rings. The van der Waals surface area contributed by atoms with Crippen LogP contribution in [0.15, 0.2) is 0 Å². The van der Waals surface area contributed by atoms with E-state index in [0.29, 0.717) is 11.0 Å². The Morgan fingerprint density at radius 3 is 2.40 bits per heavy atom. The van der Waals surface area contributed by atoms with Crippen molar-refractivity contribution in [2.45, 2.75) is 25.1 Å². The van der Waals surface area contributed by atoms with Crippen LogP contribution >= 0.6 is 11.8 Å². The maximum Gasteiger partial charge on any atom is 0.240 e. The highest BCUT2D eigenvalue weighted by Gasteiger charge is 2.17. The first-order valence-electron chi connectivity index (χ1n) is 4.82. The summed E-state index contributed by atoms with van der Waals surface area (Å²) in [4.78, 5) is 22.2. The fourth-order valence-corrected chi connectivity index (χ4v) is 1.71. The summed E-state index contributed by atoms with van der Waals surface area (Å²) < 4.78 is 0. The molecule has 4 N–H and O–H groups in total. The van der Waals surface area contributed by atoms with E-state index in [-0.39, 0.29) is 12.5 Å². The zero-order valence-electron chi connectivity index (χ0n) is 9.37. The largest absolute Gasteiger partial charge is 0.368 e. The van der Waals surface area contributed by atoms with E-state index in [1.54, 1.807) is 18.8 Å². The van der Waals surface area contributed by atoms with Crippen molar-refractivity contribution in [3.63, 3.8) is 0 Å². The number of nitrogens with two attached hydrogens (primary N) is 1. The van der Waals surface area contributed by atoms with Crippen LogP contribution in [0.5, 0.6) is 0 Å². The first-order chi connectivity index (χ1) is 6.97. The van der Waals surface area contributed by atoms with E-state index in [2.05, 4.69) is 10.6 Å². The van der Waals surface area contributed by atoms with Gasteiger partial charge >= 0.3 is 0 Å². The van der Waals surface area contributed by atoms with Gasteiger partial charge in [0.2, 0.25) is 11.8 Å². The van der Waals surface area contributed by atoms with E-state index in [0.717, 1.165) is 0 Å². The van der Waals surface area contributed by atoms with Gasteiger partial charge in [-0.15, -0.1) is 0 Å². The van der Waals surface area contributed by atoms with Crippen LogP contribution < -0.4 is 16.4 Å². The van der Waals surface area contributed by atoms with Crippen LogP contribution in [0.2, 0.25) is 0 Å². The zero-order valence-corrected chi connectivity index (χ0v) is 10.2. The van der Waals surface area contributed by atoms with E-state index >= 15 is 0 Å². The van der Waals surface area contributed by atoms with Crippen LogP contribution in [0.4, 0.5) is 0 Å². The summed E-state index contributed by atoms with van der Waals surface area (Å²) in [6.45, 7) is 4.24. The predicted molar refractivity (Wildman–Crippen MR) is 62.6 cm³/mol. The summed E-state index contributed by atoms with van der Waals surface area (Å²) in [6, 6.07) is -0.585. The molecule has 15 heavy (non-hydrogen) atoms. The molecule has 0 saturated heterocycles. The smallest absolute Gasteiger partial charge is 0.240 e. The summed E-state index contributed by atoms with van der Waals surface area (Å²) in [6.07, 6.45) is 0. The van der Waals surface area contributed by atoms with Crippen molar-refractivity contribution >= 4 is 23.6 Å². The van der Waals surface area contributed by atoms with Crippen LogP contribution in [0.25, 0.3) is 0 Å². The molecule has 0 aromatic rings. The second-order valence-electron chi connectivity index (χ2n) is 3.43. The zero-order chi connectivity index (χ0) is 11.8. The fourth-order valence-electron chi connectivity index (χ4n) is 0.890. The Kier molecular flexibility index (Phi) is 7.15. The molecule has 0 heterocycles. The number of likely N-dealkylation sites (N-methyl/N-ethyl adjacent to an activating group) is 1. The first-order valence-corrected chi connectivity index (χ1v) is 5.87. The molecule has 2 amide bonds. The maximum absolute atomic E-state index is 11.2. The number of carbonyl (C=O) groups excluding carboxylic acids is 2. The fraction of sp³-hybridized carbons (Fsp3) is 0.778. The van der Waals surface area contributed by atoms with Crippen molar-refractivity contribution in [1.29, 1.82) is 0 Å². The molecular formula is C9H19N3O2S. The van der Waals surface area contributed by atoms with Crippen molar-refractivity contribution in [3.05, 3.63) is 0 Å². The molecule has 0 spiro atoms. The van der Waals surface area contributed by atoms with Gasteiger partial charge in [-0.2, -0.15) is 11.8 Å². The molecule has 0 bridgehead atoms. The third-order valence-electron chi connectivity index (χ3n) is 1.61. The van der Waals surface area contributed by atoms with Crippen LogP contribution in [0.3, 0.4) is 0 Å². The summed E-state index contributed by atoms with van der Waals surface area (Å²) >= 11 is 1.59. The normalized spacial score (nSPS) is 12.5. The van der Waals surface area contributed by atoms with Gasteiger partial charge in [0.05, 0.1) is 6.54 Å². The highest BCUT2D eigenvalue weighted by molar-refractivity contribution is 7.99. The number of rotatable bonds is 7. The lowest BCUT2D eigenvalue weighted by atomic mass is 10.3. The minimum absolute atomic E-state index is 0.191. The molecule has 0 rings (SSSR count). The molecule has 88 valence electrons. The van der Waals surface area contributed by atoms with Crippen LogP contribution in [-0.4, -0.2) is 42.5 Å². The minimum Gasteiger partial charge on any atom is -0.368 e. The van der Waals surface area contributed by atoms with Gasteiger partial charge in [-0.25, -0.2) is 0 Å². The molecule has 6 heteroatoms. The lowest BCUT2D eigenvalue weighted by Crippen LogP contribution is -2.48. The molecule has 0 saturated carbocycles. The number of thioether (sulfide) groups is 1. The lowest BCUT2D eigenvalue weighted by molar-refractivity contribution is -0.126. The van der Waals surface area contributed by atoms with Gasteiger partial charge in [0.1, 0.15) is 6.04 Å². The van der Waals surface area contributed by atoms with Crippen LogP contribution in [0.1, 0.15) is 13.8 Å². The molecular weight excluding hydrogens is 214 g/mol. The maximum atomic E-state index is 11.2. The molecule has 0 radical (unpaired) electrons. The molecule has 0 aliphatic heterocycles. The molecule has 1 unspecified atom stereocenters. The Balaban J connectivity index is 4.04. The average Bonchev–Trinajstić information content (AvgIpc) is 2.11. The monoisotopic (exact) mass is 233 g/mol. The van der Waals surface area contributed by atoms with Gasteiger partial charge in [-0.05, 0) is 12.3 Å². The number of nitrogens with one attached hydrogen (secondary N) is 2. The molecule has 0 aromatic heterocycles. The van der Waals surface area contributed by atoms with Gasteiger partial charge in [0.25, 0.3) is 0 Å². The van der Waals surface area contributed by atoms with E-state index in [4.69, 9.17) is 5.73 Å². The number of hydrogen-bond donors (Lipinski definition) is 3. The third-order valence-corrected chi connectivity index (χ3v) is 2.80.